The zero-order valence-corrected chi connectivity index (χ0v) is 14.1. The summed E-state index contributed by atoms with van der Waals surface area (Å²) in [7, 11) is 0. The van der Waals surface area contributed by atoms with E-state index < -0.39 is 4.92 Å². The van der Waals surface area contributed by atoms with Crippen LogP contribution in [0.4, 0.5) is 5.69 Å². The number of likely N-dealkylation sites (tertiary alicyclic amines) is 1. The normalized spacial score (nSPS) is 15.5. The van der Waals surface area contributed by atoms with Crippen molar-refractivity contribution in [2.45, 2.75) is 38.7 Å². The lowest BCUT2D eigenvalue weighted by molar-refractivity contribution is -0.385. The second-order valence-corrected chi connectivity index (χ2v) is 5.96. The van der Waals surface area contributed by atoms with Gasteiger partial charge in [-0.05, 0) is 38.3 Å². The molecule has 2 rings (SSSR count). The molecule has 132 valence electrons. The molecule has 0 spiro atoms. The molecule has 0 unspecified atom stereocenters. The van der Waals surface area contributed by atoms with Crippen LogP contribution in [0.3, 0.4) is 0 Å². The van der Waals surface area contributed by atoms with Crippen molar-refractivity contribution in [1.29, 1.82) is 0 Å². The van der Waals surface area contributed by atoms with E-state index in [-0.39, 0.29) is 17.7 Å². The molecule has 24 heavy (non-hydrogen) atoms. The van der Waals surface area contributed by atoms with Gasteiger partial charge in [-0.2, -0.15) is 0 Å². The fraction of sp³-hybridized carbons (Fsp3) is 0.588. The van der Waals surface area contributed by atoms with Crippen molar-refractivity contribution in [2.75, 3.05) is 26.2 Å². The number of amides is 1. The first-order valence-corrected chi connectivity index (χ1v) is 8.45. The Labute approximate surface area is 141 Å². The Hall–Kier alpha value is -1.99. The van der Waals surface area contributed by atoms with E-state index in [2.05, 4.69) is 0 Å². The molecular weight excluding hydrogens is 310 g/mol. The second kappa shape index (κ2) is 8.75. The molecule has 0 atom stereocenters. The van der Waals surface area contributed by atoms with Crippen molar-refractivity contribution in [2.24, 2.45) is 5.73 Å². The highest BCUT2D eigenvalue weighted by Gasteiger charge is 2.25. The number of carbonyl (C=O) groups excluding carboxylic acids is 1. The fourth-order valence-electron chi connectivity index (χ4n) is 2.91. The number of rotatable bonds is 7. The van der Waals surface area contributed by atoms with Crippen LogP contribution in [-0.2, 0) is 11.2 Å². The summed E-state index contributed by atoms with van der Waals surface area (Å²) in [4.78, 5) is 25.1. The molecule has 1 amide bonds. The van der Waals surface area contributed by atoms with Gasteiger partial charge in [0, 0.05) is 36.9 Å². The highest BCUT2D eigenvalue weighted by molar-refractivity contribution is 5.95. The number of aryl methyl sites for hydroxylation is 1. The summed E-state index contributed by atoms with van der Waals surface area (Å²) in [6.45, 7) is 4.34. The van der Waals surface area contributed by atoms with Gasteiger partial charge in [-0.1, -0.05) is 13.0 Å². The molecule has 7 heteroatoms. The summed E-state index contributed by atoms with van der Waals surface area (Å²) in [5.41, 5.74) is 6.48. The van der Waals surface area contributed by atoms with Gasteiger partial charge in [-0.25, -0.2) is 0 Å². The van der Waals surface area contributed by atoms with Crippen molar-refractivity contribution in [3.8, 4) is 0 Å². The van der Waals surface area contributed by atoms with Crippen LogP contribution in [0.15, 0.2) is 18.2 Å². The molecule has 1 fully saturated rings. The van der Waals surface area contributed by atoms with E-state index in [0.717, 1.165) is 19.3 Å². The van der Waals surface area contributed by atoms with Crippen molar-refractivity contribution >= 4 is 11.6 Å². The number of hydrogen-bond donors (Lipinski definition) is 1. The molecule has 7 nitrogen and oxygen atoms in total. The van der Waals surface area contributed by atoms with Crippen LogP contribution in [0.5, 0.6) is 0 Å². The lowest BCUT2D eigenvalue weighted by Gasteiger charge is -2.32. The topological polar surface area (TPSA) is 98.7 Å². The van der Waals surface area contributed by atoms with Gasteiger partial charge < -0.3 is 15.4 Å². The lowest BCUT2D eigenvalue weighted by Crippen LogP contribution is -2.41. The van der Waals surface area contributed by atoms with Crippen molar-refractivity contribution in [1.82, 2.24) is 4.90 Å². The maximum absolute atomic E-state index is 12.6. The van der Waals surface area contributed by atoms with Crippen molar-refractivity contribution in [3.05, 3.63) is 39.4 Å². The standard InChI is InChI=1S/C17H25N3O4/c1-2-13-4-5-14(12-16(13)20(22)23)17(21)19-9-6-15(7-10-19)24-11-3-8-18/h4-5,12,15H,2-3,6-11,18H2,1H3. The molecule has 0 radical (unpaired) electrons. The first-order valence-electron chi connectivity index (χ1n) is 8.45. The molecule has 0 aliphatic carbocycles. The van der Waals surface area contributed by atoms with Crippen molar-refractivity contribution < 1.29 is 14.5 Å². The Bertz CT molecular complexity index is 583. The van der Waals surface area contributed by atoms with Gasteiger partial charge in [-0.3, -0.25) is 14.9 Å². The number of benzene rings is 1. The van der Waals surface area contributed by atoms with E-state index in [1.165, 1.54) is 6.07 Å². The van der Waals surface area contributed by atoms with Crippen LogP contribution in [0.2, 0.25) is 0 Å². The number of carbonyl (C=O) groups is 1. The predicted octanol–water partition coefficient (Wildman–Crippen LogP) is 2.13. The average molecular weight is 335 g/mol. The van der Waals surface area contributed by atoms with Gasteiger partial charge in [0.25, 0.3) is 11.6 Å². The average Bonchev–Trinajstić information content (AvgIpc) is 2.61. The number of nitro groups is 1. The molecule has 2 N–H and O–H groups in total. The molecule has 1 aliphatic heterocycles. The summed E-state index contributed by atoms with van der Waals surface area (Å²) >= 11 is 0. The molecule has 1 aromatic rings. The Morgan fingerprint density at radius 1 is 1.42 bits per heavy atom. The number of nitrogens with zero attached hydrogens (tertiary/aromatic N) is 2. The summed E-state index contributed by atoms with van der Waals surface area (Å²) in [6.07, 6.45) is 3.14. The van der Waals surface area contributed by atoms with Gasteiger partial charge in [0.05, 0.1) is 11.0 Å². The van der Waals surface area contributed by atoms with E-state index in [9.17, 15) is 14.9 Å². The van der Waals surface area contributed by atoms with Crippen LogP contribution in [0, 0.1) is 10.1 Å². The van der Waals surface area contributed by atoms with Crippen LogP contribution in [-0.4, -0.2) is 48.1 Å². The number of ether oxygens (including phenoxy) is 1. The quantitative estimate of drug-likeness (QED) is 0.467. The van der Waals surface area contributed by atoms with Crippen molar-refractivity contribution in [3.63, 3.8) is 0 Å². The Morgan fingerprint density at radius 3 is 2.71 bits per heavy atom. The third-order valence-corrected chi connectivity index (χ3v) is 4.34. The highest BCUT2D eigenvalue weighted by atomic mass is 16.6. The number of nitro benzene ring substituents is 1. The molecule has 1 aliphatic rings. The summed E-state index contributed by atoms with van der Waals surface area (Å²) in [5, 5.41) is 11.2. The zero-order valence-electron chi connectivity index (χ0n) is 14.1. The van der Waals surface area contributed by atoms with E-state index >= 15 is 0 Å². The lowest BCUT2D eigenvalue weighted by atomic mass is 10.0. The van der Waals surface area contributed by atoms with E-state index in [0.29, 0.717) is 43.8 Å². The molecule has 0 aromatic heterocycles. The van der Waals surface area contributed by atoms with E-state index in [1.54, 1.807) is 17.0 Å². The minimum atomic E-state index is -0.423. The molecular formula is C17H25N3O4. The largest absolute Gasteiger partial charge is 0.378 e. The maximum Gasteiger partial charge on any atom is 0.273 e. The SMILES string of the molecule is CCc1ccc(C(=O)N2CCC(OCCCN)CC2)cc1[N+](=O)[O-]. The first-order chi connectivity index (χ1) is 11.6. The second-order valence-electron chi connectivity index (χ2n) is 5.96. The van der Waals surface area contributed by atoms with Crippen LogP contribution >= 0.6 is 0 Å². The zero-order chi connectivity index (χ0) is 17.5. The number of hydrogen-bond acceptors (Lipinski definition) is 5. The number of piperidine rings is 1. The van der Waals surface area contributed by atoms with Crippen LogP contribution < -0.4 is 5.73 Å². The van der Waals surface area contributed by atoms with E-state index in [4.69, 9.17) is 10.5 Å². The Morgan fingerprint density at radius 2 is 2.12 bits per heavy atom. The summed E-state index contributed by atoms with van der Waals surface area (Å²) in [5.74, 6) is -0.152. The third-order valence-electron chi connectivity index (χ3n) is 4.34. The molecule has 1 aromatic carbocycles. The molecule has 0 bridgehead atoms. The smallest absolute Gasteiger partial charge is 0.273 e. The van der Waals surface area contributed by atoms with Gasteiger partial charge in [-0.15, -0.1) is 0 Å². The van der Waals surface area contributed by atoms with Crippen LogP contribution in [0.25, 0.3) is 0 Å². The minimum absolute atomic E-state index is 0.0170. The molecule has 1 saturated heterocycles. The first kappa shape index (κ1) is 18.4. The van der Waals surface area contributed by atoms with E-state index in [1.807, 2.05) is 6.92 Å². The van der Waals surface area contributed by atoms with Gasteiger partial charge in [0.2, 0.25) is 0 Å². The Balaban J connectivity index is 1.98. The minimum Gasteiger partial charge on any atom is -0.378 e. The van der Waals surface area contributed by atoms with Crippen LogP contribution in [0.1, 0.15) is 42.1 Å². The number of nitrogens with two attached hydrogens (primary N) is 1. The van der Waals surface area contributed by atoms with Gasteiger partial charge >= 0.3 is 0 Å². The summed E-state index contributed by atoms with van der Waals surface area (Å²) in [6, 6.07) is 4.75. The van der Waals surface area contributed by atoms with Gasteiger partial charge in [0.1, 0.15) is 0 Å². The molecule has 1 heterocycles. The fourth-order valence-corrected chi connectivity index (χ4v) is 2.91. The highest BCUT2D eigenvalue weighted by Crippen LogP contribution is 2.23. The molecule has 0 saturated carbocycles. The summed E-state index contributed by atoms with van der Waals surface area (Å²) < 4.78 is 5.73. The third kappa shape index (κ3) is 4.52. The predicted molar refractivity (Wildman–Crippen MR) is 91.0 cm³/mol. The maximum atomic E-state index is 12.6. The Kier molecular flexibility index (Phi) is 6.69. The monoisotopic (exact) mass is 335 g/mol. The van der Waals surface area contributed by atoms with Gasteiger partial charge in [0.15, 0.2) is 0 Å².